The Hall–Kier alpha value is -0.610. The summed E-state index contributed by atoms with van der Waals surface area (Å²) < 4.78 is 0. The predicted octanol–water partition coefficient (Wildman–Crippen LogP) is 0.198. The van der Waals surface area contributed by atoms with Crippen LogP contribution in [0.25, 0.3) is 0 Å². The molecule has 4 heteroatoms. The average Bonchev–Trinajstić information content (AvgIpc) is 2.90. The molecule has 0 aromatic carbocycles. The number of likely N-dealkylation sites (tertiary alicyclic amines) is 1. The number of hydrogen-bond donors (Lipinski definition) is 2. The first-order chi connectivity index (χ1) is 7.71. The molecule has 4 nitrogen and oxygen atoms in total. The molecule has 0 aliphatic carbocycles. The smallest absolute Gasteiger partial charge is 0.227 e. The van der Waals surface area contributed by atoms with E-state index in [2.05, 4.69) is 22.5 Å². The van der Waals surface area contributed by atoms with Crippen LogP contribution in [0.1, 0.15) is 26.2 Å². The standard InChI is InChI=1S/C12H23N3O/c1-12(4-5-13-10-12)11(16)14-6-9-15-7-2-3-8-15/h13H,2-10H2,1H3,(H,14,16). The first-order valence-electron chi connectivity index (χ1n) is 6.42. The van der Waals surface area contributed by atoms with Gasteiger partial charge in [-0.05, 0) is 45.8 Å². The minimum absolute atomic E-state index is 0.176. The summed E-state index contributed by atoms with van der Waals surface area (Å²) in [4.78, 5) is 14.4. The van der Waals surface area contributed by atoms with E-state index in [4.69, 9.17) is 0 Å². The van der Waals surface area contributed by atoms with E-state index in [1.165, 1.54) is 25.9 Å². The van der Waals surface area contributed by atoms with Gasteiger partial charge in [-0.15, -0.1) is 0 Å². The van der Waals surface area contributed by atoms with Crippen molar-refractivity contribution in [2.45, 2.75) is 26.2 Å². The minimum Gasteiger partial charge on any atom is -0.354 e. The van der Waals surface area contributed by atoms with Crippen molar-refractivity contribution in [1.29, 1.82) is 0 Å². The Bertz CT molecular complexity index is 243. The molecular weight excluding hydrogens is 202 g/mol. The molecule has 1 amide bonds. The molecule has 2 aliphatic rings. The van der Waals surface area contributed by atoms with Crippen molar-refractivity contribution in [2.75, 3.05) is 39.3 Å². The second-order valence-electron chi connectivity index (χ2n) is 5.29. The number of amides is 1. The SMILES string of the molecule is CC1(C(=O)NCCN2CCCC2)CCNC1. The molecule has 1 unspecified atom stereocenters. The van der Waals surface area contributed by atoms with E-state index in [0.29, 0.717) is 0 Å². The molecule has 0 bridgehead atoms. The van der Waals surface area contributed by atoms with Crippen LogP contribution < -0.4 is 10.6 Å². The minimum atomic E-state index is -0.176. The van der Waals surface area contributed by atoms with Crippen molar-refractivity contribution in [3.63, 3.8) is 0 Å². The van der Waals surface area contributed by atoms with Crippen LogP contribution in [0, 0.1) is 5.41 Å². The van der Waals surface area contributed by atoms with Crippen LogP contribution in [-0.2, 0) is 4.79 Å². The fourth-order valence-electron chi connectivity index (χ4n) is 2.56. The van der Waals surface area contributed by atoms with Crippen molar-refractivity contribution < 1.29 is 4.79 Å². The average molecular weight is 225 g/mol. The summed E-state index contributed by atoms with van der Waals surface area (Å²) >= 11 is 0. The fourth-order valence-corrected chi connectivity index (χ4v) is 2.56. The van der Waals surface area contributed by atoms with Crippen molar-refractivity contribution in [1.82, 2.24) is 15.5 Å². The monoisotopic (exact) mass is 225 g/mol. The maximum absolute atomic E-state index is 12.0. The maximum Gasteiger partial charge on any atom is 0.227 e. The molecule has 0 spiro atoms. The molecule has 2 fully saturated rings. The van der Waals surface area contributed by atoms with Crippen LogP contribution in [0.4, 0.5) is 0 Å². The molecule has 2 saturated heterocycles. The molecule has 2 N–H and O–H groups in total. The summed E-state index contributed by atoms with van der Waals surface area (Å²) in [5.74, 6) is 0.219. The van der Waals surface area contributed by atoms with Crippen LogP contribution in [0.2, 0.25) is 0 Å². The Morgan fingerprint density at radius 1 is 1.44 bits per heavy atom. The van der Waals surface area contributed by atoms with Gasteiger partial charge in [0.15, 0.2) is 0 Å². The van der Waals surface area contributed by atoms with Gasteiger partial charge in [0.05, 0.1) is 5.41 Å². The van der Waals surface area contributed by atoms with E-state index >= 15 is 0 Å². The Morgan fingerprint density at radius 3 is 2.81 bits per heavy atom. The Kier molecular flexibility index (Phi) is 3.82. The first kappa shape index (κ1) is 11.9. The molecule has 16 heavy (non-hydrogen) atoms. The highest BCUT2D eigenvalue weighted by molar-refractivity contribution is 5.82. The van der Waals surface area contributed by atoms with Crippen LogP contribution in [-0.4, -0.2) is 50.1 Å². The molecule has 0 aromatic heterocycles. The lowest BCUT2D eigenvalue weighted by molar-refractivity contribution is -0.129. The van der Waals surface area contributed by atoms with Gasteiger partial charge < -0.3 is 15.5 Å². The molecule has 0 radical (unpaired) electrons. The summed E-state index contributed by atoms with van der Waals surface area (Å²) in [5, 5.41) is 6.33. The lowest BCUT2D eigenvalue weighted by Crippen LogP contribution is -2.43. The maximum atomic E-state index is 12.0. The Balaban J connectivity index is 1.67. The molecule has 2 heterocycles. The van der Waals surface area contributed by atoms with Gasteiger partial charge in [0.1, 0.15) is 0 Å². The van der Waals surface area contributed by atoms with Crippen LogP contribution in [0.5, 0.6) is 0 Å². The lowest BCUT2D eigenvalue weighted by Gasteiger charge is -2.22. The molecule has 0 aromatic rings. The van der Waals surface area contributed by atoms with Crippen LogP contribution in [0.3, 0.4) is 0 Å². The highest BCUT2D eigenvalue weighted by atomic mass is 16.2. The number of carbonyl (C=O) groups excluding carboxylic acids is 1. The third kappa shape index (κ3) is 2.74. The van der Waals surface area contributed by atoms with E-state index in [1.807, 2.05) is 0 Å². The molecular formula is C12H23N3O. The van der Waals surface area contributed by atoms with Gasteiger partial charge in [-0.1, -0.05) is 0 Å². The van der Waals surface area contributed by atoms with Crippen molar-refractivity contribution in [2.24, 2.45) is 5.41 Å². The second kappa shape index (κ2) is 5.15. The number of hydrogen-bond acceptors (Lipinski definition) is 3. The Morgan fingerprint density at radius 2 is 2.19 bits per heavy atom. The highest BCUT2D eigenvalue weighted by Crippen LogP contribution is 2.24. The second-order valence-corrected chi connectivity index (χ2v) is 5.29. The largest absolute Gasteiger partial charge is 0.354 e. The van der Waals surface area contributed by atoms with Crippen LogP contribution in [0.15, 0.2) is 0 Å². The summed E-state index contributed by atoms with van der Waals surface area (Å²) in [6.45, 7) is 8.06. The van der Waals surface area contributed by atoms with Crippen molar-refractivity contribution >= 4 is 5.91 Å². The van der Waals surface area contributed by atoms with E-state index in [-0.39, 0.29) is 11.3 Å². The zero-order chi connectivity index (χ0) is 11.4. The van der Waals surface area contributed by atoms with Crippen molar-refractivity contribution in [3.8, 4) is 0 Å². The van der Waals surface area contributed by atoms with Gasteiger partial charge in [-0.25, -0.2) is 0 Å². The Labute approximate surface area is 97.8 Å². The first-order valence-corrected chi connectivity index (χ1v) is 6.42. The quantitative estimate of drug-likeness (QED) is 0.718. The fraction of sp³-hybridized carbons (Fsp3) is 0.917. The number of carbonyl (C=O) groups is 1. The van der Waals surface area contributed by atoms with Gasteiger partial charge in [0, 0.05) is 19.6 Å². The molecule has 1 atom stereocenters. The molecule has 2 rings (SSSR count). The van der Waals surface area contributed by atoms with Crippen LogP contribution >= 0.6 is 0 Å². The molecule has 0 saturated carbocycles. The topological polar surface area (TPSA) is 44.4 Å². The summed E-state index contributed by atoms with van der Waals surface area (Å²) in [5.41, 5.74) is -0.176. The molecule has 2 aliphatic heterocycles. The van der Waals surface area contributed by atoms with Gasteiger partial charge in [0.25, 0.3) is 0 Å². The number of nitrogens with one attached hydrogen (secondary N) is 2. The predicted molar refractivity (Wildman–Crippen MR) is 64.3 cm³/mol. The van der Waals surface area contributed by atoms with E-state index in [9.17, 15) is 4.79 Å². The third-order valence-electron chi connectivity index (χ3n) is 3.83. The summed E-state index contributed by atoms with van der Waals surface area (Å²) in [6.07, 6.45) is 3.59. The number of rotatable bonds is 4. The third-order valence-corrected chi connectivity index (χ3v) is 3.83. The normalized spacial score (nSPS) is 30.8. The van der Waals surface area contributed by atoms with Gasteiger partial charge in [-0.2, -0.15) is 0 Å². The zero-order valence-electron chi connectivity index (χ0n) is 10.2. The van der Waals surface area contributed by atoms with Crippen molar-refractivity contribution in [3.05, 3.63) is 0 Å². The zero-order valence-corrected chi connectivity index (χ0v) is 10.2. The highest BCUT2D eigenvalue weighted by Gasteiger charge is 2.35. The van der Waals surface area contributed by atoms with E-state index in [0.717, 1.165) is 32.6 Å². The summed E-state index contributed by atoms with van der Waals surface area (Å²) in [7, 11) is 0. The number of nitrogens with zero attached hydrogens (tertiary/aromatic N) is 1. The van der Waals surface area contributed by atoms with Gasteiger partial charge >= 0.3 is 0 Å². The lowest BCUT2D eigenvalue weighted by atomic mass is 9.89. The molecule has 92 valence electrons. The summed E-state index contributed by atoms with van der Waals surface area (Å²) in [6, 6.07) is 0. The van der Waals surface area contributed by atoms with E-state index in [1.54, 1.807) is 0 Å². The van der Waals surface area contributed by atoms with Gasteiger partial charge in [0.2, 0.25) is 5.91 Å². The van der Waals surface area contributed by atoms with Gasteiger partial charge in [-0.3, -0.25) is 4.79 Å². The van der Waals surface area contributed by atoms with E-state index < -0.39 is 0 Å².